The highest BCUT2D eigenvalue weighted by Crippen LogP contribution is 2.37. The molecule has 1 fully saturated rings. The van der Waals surface area contributed by atoms with Crippen LogP contribution in [0, 0.1) is 11.3 Å². The number of benzene rings is 2. The van der Waals surface area contributed by atoms with Crippen LogP contribution in [0.1, 0.15) is 48.4 Å². The van der Waals surface area contributed by atoms with Crippen molar-refractivity contribution in [3.8, 4) is 6.07 Å². The van der Waals surface area contributed by atoms with Gasteiger partial charge in [0.15, 0.2) is 0 Å². The molecule has 1 aliphatic heterocycles. The van der Waals surface area contributed by atoms with Gasteiger partial charge in [-0.1, -0.05) is 24.9 Å². The van der Waals surface area contributed by atoms with Crippen LogP contribution in [0.3, 0.4) is 0 Å². The molecule has 11 heteroatoms. The van der Waals surface area contributed by atoms with E-state index in [1.165, 1.54) is 6.33 Å². The molecule has 0 aliphatic carbocycles. The molecule has 1 aromatic heterocycles. The van der Waals surface area contributed by atoms with Gasteiger partial charge in [0.2, 0.25) is 0 Å². The number of hydrogen-bond donors (Lipinski definition) is 0. The molecular formula is C25H24ClF3N4O2S. The first-order chi connectivity index (χ1) is 17.1. The van der Waals surface area contributed by atoms with Gasteiger partial charge in [0.05, 0.1) is 45.7 Å². The fourth-order valence-corrected chi connectivity index (χ4v) is 5.71. The van der Waals surface area contributed by atoms with Gasteiger partial charge in [-0.15, -0.1) is 0 Å². The zero-order valence-electron chi connectivity index (χ0n) is 19.6. The fraction of sp³-hybridized carbons (Fsp3) is 0.400. The topological polar surface area (TPSA) is 79.0 Å². The van der Waals surface area contributed by atoms with Crippen molar-refractivity contribution in [2.45, 2.75) is 50.3 Å². The molecule has 6 nitrogen and oxygen atoms in total. The second kappa shape index (κ2) is 10.7. The molecule has 0 amide bonds. The number of hydrogen-bond acceptors (Lipinski definition) is 5. The van der Waals surface area contributed by atoms with E-state index in [1.807, 2.05) is 11.0 Å². The molecule has 1 saturated heterocycles. The highest BCUT2D eigenvalue weighted by atomic mass is 35.5. The summed E-state index contributed by atoms with van der Waals surface area (Å²) in [5.41, 5.74) is -1.65. The molecule has 2 heterocycles. The largest absolute Gasteiger partial charge is 0.416 e. The molecular weight excluding hydrogens is 513 g/mol. The SMILES string of the molecule is CCS(=O)c1ccc(Cl)cc1Cn1cnc2c(C#N)c(CN3CCCCC3)c(C(F)(F)F)cc2c1=O. The molecule has 0 radical (unpaired) electrons. The number of alkyl halides is 3. The van der Waals surface area contributed by atoms with Crippen LogP contribution in [0.5, 0.6) is 0 Å². The zero-order valence-corrected chi connectivity index (χ0v) is 21.1. The lowest BCUT2D eigenvalue weighted by molar-refractivity contribution is -0.138. The summed E-state index contributed by atoms with van der Waals surface area (Å²) in [7, 11) is -1.34. The number of nitrogens with zero attached hydrogens (tertiary/aromatic N) is 4. The molecule has 4 rings (SSSR count). The third-order valence-electron chi connectivity index (χ3n) is 6.34. The Kier molecular flexibility index (Phi) is 7.83. The number of rotatable bonds is 6. The van der Waals surface area contributed by atoms with Crippen molar-refractivity contribution in [1.29, 1.82) is 5.26 Å². The molecule has 1 aliphatic rings. The predicted molar refractivity (Wildman–Crippen MR) is 132 cm³/mol. The first-order valence-electron chi connectivity index (χ1n) is 11.6. The second-order valence-corrected chi connectivity index (χ2v) is 10.8. The van der Waals surface area contributed by atoms with Gasteiger partial charge in [-0.3, -0.25) is 18.5 Å². The quantitative estimate of drug-likeness (QED) is 0.438. The lowest BCUT2D eigenvalue weighted by Gasteiger charge is -2.28. The molecule has 3 aromatic rings. The highest BCUT2D eigenvalue weighted by molar-refractivity contribution is 7.85. The molecule has 0 spiro atoms. The standard InChI is InChI=1S/C25H24ClF3N4O2S/c1-2-36(35)22-7-6-17(26)10-16(22)13-33-15-31-23-18(24(33)34)11-21(25(27,28)29)20(19(23)12-30)14-32-8-4-3-5-9-32/h6-7,10-11,15H,2-5,8-9,13-14H2,1H3. The van der Waals surface area contributed by atoms with Crippen molar-refractivity contribution in [2.75, 3.05) is 18.8 Å². The average Bonchev–Trinajstić information content (AvgIpc) is 2.85. The van der Waals surface area contributed by atoms with Crippen molar-refractivity contribution in [3.05, 3.63) is 68.2 Å². The van der Waals surface area contributed by atoms with Crippen molar-refractivity contribution < 1.29 is 17.4 Å². The lowest BCUT2D eigenvalue weighted by atomic mass is 9.96. The molecule has 36 heavy (non-hydrogen) atoms. The number of halogens is 4. The van der Waals surface area contributed by atoms with Gasteiger partial charge in [-0.25, -0.2) is 4.98 Å². The van der Waals surface area contributed by atoms with Crippen LogP contribution < -0.4 is 5.56 Å². The van der Waals surface area contributed by atoms with Gasteiger partial charge in [0.25, 0.3) is 5.56 Å². The van der Waals surface area contributed by atoms with Crippen LogP contribution in [0.2, 0.25) is 5.02 Å². The Hall–Kier alpha value is -2.74. The van der Waals surface area contributed by atoms with Gasteiger partial charge >= 0.3 is 6.18 Å². The monoisotopic (exact) mass is 536 g/mol. The van der Waals surface area contributed by atoms with E-state index in [-0.39, 0.29) is 35.1 Å². The molecule has 1 unspecified atom stereocenters. The smallest absolute Gasteiger partial charge is 0.299 e. The summed E-state index contributed by atoms with van der Waals surface area (Å²) in [6.07, 6.45) is -0.756. The van der Waals surface area contributed by atoms with Crippen molar-refractivity contribution >= 4 is 33.3 Å². The summed E-state index contributed by atoms with van der Waals surface area (Å²) in [4.78, 5) is 20.0. The Labute approximate surface area is 213 Å². The van der Waals surface area contributed by atoms with E-state index >= 15 is 0 Å². The first kappa shape index (κ1) is 26.3. The maximum Gasteiger partial charge on any atom is 0.416 e. The zero-order chi connectivity index (χ0) is 26.0. The predicted octanol–water partition coefficient (Wildman–Crippen LogP) is 5.10. The minimum atomic E-state index is -4.75. The third-order valence-corrected chi connectivity index (χ3v) is 7.99. The fourth-order valence-electron chi connectivity index (χ4n) is 4.57. The summed E-state index contributed by atoms with van der Waals surface area (Å²) in [5.74, 6) is 0.347. The molecule has 0 N–H and O–H groups in total. The van der Waals surface area contributed by atoms with Crippen molar-refractivity contribution in [2.24, 2.45) is 0 Å². The Bertz CT molecular complexity index is 1430. The Balaban J connectivity index is 1.87. The Morgan fingerprint density at radius 1 is 1.17 bits per heavy atom. The summed E-state index contributed by atoms with van der Waals surface area (Å²) in [5, 5.41) is 9.94. The summed E-state index contributed by atoms with van der Waals surface area (Å²) < 4.78 is 56.1. The average molecular weight is 537 g/mol. The number of nitriles is 1. The van der Waals surface area contributed by atoms with Crippen LogP contribution in [-0.2, 0) is 30.1 Å². The maximum atomic E-state index is 14.1. The van der Waals surface area contributed by atoms with E-state index in [4.69, 9.17) is 11.6 Å². The van der Waals surface area contributed by atoms with E-state index in [0.717, 1.165) is 29.9 Å². The van der Waals surface area contributed by atoms with Crippen LogP contribution in [0.4, 0.5) is 13.2 Å². The number of piperidine rings is 1. The second-order valence-electron chi connectivity index (χ2n) is 8.68. The van der Waals surface area contributed by atoms with E-state index in [0.29, 0.717) is 34.3 Å². The normalized spacial score (nSPS) is 15.7. The number of aromatic nitrogens is 2. The minimum absolute atomic E-state index is 0.0346. The van der Waals surface area contributed by atoms with Crippen LogP contribution in [0.25, 0.3) is 10.9 Å². The van der Waals surface area contributed by atoms with Gasteiger partial charge in [0, 0.05) is 22.2 Å². The van der Waals surface area contributed by atoms with Gasteiger partial charge < -0.3 is 0 Å². The van der Waals surface area contributed by atoms with E-state index < -0.39 is 28.1 Å². The van der Waals surface area contributed by atoms with Gasteiger partial charge in [-0.2, -0.15) is 18.4 Å². The van der Waals surface area contributed by atoms with Crippen molar-refractivity contribution in [3.63, 3.8) is 0 Å². The summed E-state index contributed by atoms with van der Waals surface area (Å²) in [6, 6.07) is 7.47. The minimum Gasteiger partial charge on any atom is -0.299 e. The highest BCUT2D eigenvalue weighted by Gasteiger charge is 2.36. The van der Waals surface area contributed by atoms with Crippen molar-refractivity contribution in [1.82, 2.24) is 14.5 Å². The van der Waals surface area contributed by atoms with E-state index in [9.17, 15) is 27.4 Å². The third kappa shape index (κ3) is 5.33. The van der Waals surface area contributed by atoms with Crippen LogP contribution in [0.15, 0.2) is 40.3 Å². The summed E-state index contributed by atoms with van der Waals surface area (Å²) in [6.45, 7) is 2.93. The molecule has 0 saturated carbocycles. The van der Waals surface area contributed by atoms with Gasteiger partial charge in [0.1, 0.15) is 6.07 Å². The van der Waals surface area contributed by atoms with E-state index in [2.05, 4.69) is 4.98 Å². The molecule has 190 valence electrons. The molecule has 0 bridgehead atoms. The van der Waals surface area contributed by atoms with Crippen LogP contribution in [-0.4, -0.2) is 37.5 Å². The van der Waals surface area contributed by atoms with E-state index in [1.54, 1.807) is 25.1 Å². The molecule has 2 aromatic carbocycles. The number of fused-ring (bicyclic) bond motifs is 1. The Morgan fingerprint density at radius 3 is 2.53 bits per heavy atom. The summed E-state index contributed by atoms with van der Waals surface area (Å²) >= 11 is 6.11. The van der Waals surface area contributed by atoms with Crippen LogP contribution >= 0.6 is 11.6 Å². The van der Waals surface area contributed by atoms with Gasteiger partial charge in [-0.05, 0) is 61.3 Å². The maximum absolute atomic E-state index is 14.1. The molecule has 1 atom stereocenters. The Morgan fingerprint density at radius 2 is 1.89 bits per heavy atom. The number of likely N-dealkylation sites (tertiary alicyclic amines) is 1. The first-order valence-corrected chi connectivity index (χ1v) is 13.2. The lowest BCUT2D eigenvalue weighted by Crippen LogP contribution is -2.31.